The molecule has 0 unspecified atom stereocenters. The first-order valence-corrected chi connectivity index (χ1v) is 10.2. The fourth-order valence-corrected chi connectivity index (χ4v) is 4.23. The quantitative estimate of drug-likeness (QED) is 0.830. The second-order valence-corrected chi connectivity index (χ2v) is 7.94. The van der Waals surface area contributed by atoms with E-state index in [-0.39, 0.29) is 11.8 Å². The van der Waals surface area contributed by atoms with Gasteiger partial charge in [-0.2, -0.15) is 0 Å². The van der Waals surface area contributed by atoms with Crippen molar-refractivity contribution in [3.05, 3.63) is 34.9 Å². The van der Waals surface area contributed by atoms with E-state index in [1.165, 1.54) is 19.3 Å². The van der Waals surface area contributed by atoms with Crippen molar-refractivity contribution in [1.82, 2.24) is 15.1 Å². The molecule has 4 rings (SSSR count). The van der Waals surface area contributed by atoms with E-state index in [0.29, 0.717) is 24.6 Å². The summed E-state index contributed by atoms with van der Waals surface area (Å²) in [4.78, 5) is 29.4. The summed E-state index contributed by atoms with van der Waals surface area (Å²) in [7, 11) is 0. The van der Waals surface area contributed by atoms with E-state index in [1.807, 2.05) is 17.0 Å². The molecule has 27 heavy (non-hydrogen) atoms. The van der Waals surface area contributed by atoms with Crippen molar-refractivity contribution in [2.75, 3.05) is 45.9 Å². The van der Waals surface area contributed by atoms with Crippen molar-refractivity contribution < 1.29 is 14.3 Å². The summed E-state index contributed by atoms with van der Waals surface area (Å²) >= 11 is 0. The molecule has 146 valence electrons. The highest BCUT2D eigenvalue weighted by atomic mass is 16.5. The standard InChI is InChI=1S/C21H29N3O3/c25-20(22-13-16-6-11-27-15-16)17-4-5-19-18(12-17)14-24(21(19)26)10-9-23-7-2-1-3-8-23/h4-5,12,16H,1-3,6-11,13-15H2,(H,22,25)/t16-/m0/s1. The van der Waals surface area contributed by atoms with Crippen LogP contribution < -0.4 is 5.32 Å². The number of carbonyl (C=O) groups is 2. The molecule has 0 radical (unpaired) electrons. The summed E-state index contributed by atoms with van der Waals surface area (Å²) in [6, 6.07) is 5.46. The van der Waals surface area contributed by atoms with Crippen molar-refractivity contribution in [3.8, 4) is 0 Å². The van der Waals surface area contributed by atoms with Crippen LogP contribution in [0.4, 0.5) is 0 Å². The smallest absolute Gasteiger partial charge is 0.254 e. The highest BCUT2D eigenvalue weighted by molar-refractivity contribution is 6.01. The number of rotatable bonds is 6. The van der Waals surface area contributed by atoms with Gasteiger partial charge in [-0.1, -0.05) is 6.42 Å². The van der Waals surface area contributed by atoms with Gasteiger partial charge < -0.3 is 19.9 Å². The summed E-state index contributed by atoms with van der Waals surface area (Å²) in [5.41, 5.74) is 2.35. The van der Waals surface area contributed by atoms with Gasteiger partial charge in [-0.3, -0.25) is 9.59 Å². The molecule has 3 heterocycles. The zero-order chi connectivity index (χ0) is 18.6. The Morgan fingerprint density at radius 3 is 2.81 bits per heavy atom. The fourth-order valence-electron chi connectivity index (χ4n) is 4.23. The summed E-state index contributed by atoms with van der Waals surface area (Å²) in [6.07, 6.45) is 4.85. The molecular formula is C21H29N3O3. The molecule has 1 aromatic carbocycles. The van der Waals surface area contributed by atoms with E-state index in [0.717, 1.165) is 56.9 Å². The van der Waals surface area contributed by atoms with E-state index in [9.17, 15) is 9.59 Å². The van der Waals surface area contributed by atoms with Crippen LogP contribution in [-0.2, 0) is 11.3 Å². The first kappa shape index (κ1) is 18.4. The van der Waals surface area contributed by atoms with Crippen LogP contribution in [0.2, 0.25) is 0 Å². The minimum Gasteiger partial charge on any atom is -0.381 e. The van der Waals surface area contributed by atoms with E-state index in [4.69, 9.17) is 4.74 Å². The number of amides is 2. The number of fused-ring (bicyclic) bond motifs is 1. The average Bonchev–Trinajstić information content (AvgIpc) is 3.33. The zero-order valence-electron chi connectivity index (χ0n) is 15.9. The Bertz CT molecular complexity index is 694. The van der Waals surface area contributed by atoms with Crippen LogP contribution >= 0.6 is 0 Å². The first-order chi connectivity index (χ1) is 13.2. The normalized spacial score (nSPS) is 22.9. The molecule has 2 fully saturated rings. The molecule has 1 atom stereocenters. The van der Waals surface area contributed by atoms with E-state index in [2.05, 4.69) is 10.2 Å². The Morgan fingerprint density at radius 1 is 1.19 bits per heavy atom. The molecule has 0 saturated carbocycles. The third kappa shape index (κ3) is 4.33. The lowest BCUT2D eigenvalue weighted by Crippen LogP contribution is -2.38. The lowest BCUT2D eigenvalue weighted by atomic mass is 10.1. The minimum atomic E-state index is -0.0658. The topological polar surface area (TPSA) is 61.9 Å². The third-order valence-corrected chi connectivity index (χ3v) is 5.96. The average molecular weight is 371 g/mol. The summed E-state index contributed by atoms with van der Waals surface area (Å²) in [6.45, 7) is 6.76. The summed E-state index contributed by atoms with van der Waals surface area (Å²) in [5.74, 6) is 0.441. The van der Waals surface area contributed by atoms with Crippen LogP contribution in [0.3, 0.4) is 0 Å². The van der Waals surface area contributed by atoms with Crippen LogP contribution in [0, 0.1) is 5.92 Å². The maximum atomic E-state index is 12.6. The molecule has 0 aromatic heterocycles. The second kappa shape index (κ2) is 8.40. The molecule has 3 aliphatic rings. The van der Waals surface area contributed by atoms with E-state index in [1.54, 1.807) is 6.07 Å². The van der Waals surface area contributed by atoms with Crippen LogP contribution in [-0.4, -0.2) is 67.6 Å². The van der Waals surface area contributed by atoms with Gasteiger partial charge in [0.25, 0.3) is 11.8 Å². The van der Waals surface area contributed by atoms with Gasteiger partial charge in [-0.05, 0) is 56.1 Å². The molecule has 1 N–H and O–H groups in total. The van der Waals surface area contributed by atoms with Crippen molar-refractivity contribution in [2.45, 2.75) is 32.2 Å². The molecule has 2 saturated heterocycles. The van der Waals surface area contributed by atoms with Gasteiger partial charge in [0.05, 0.1) is 6.61 Å². The van der Waals surface area contributed by atoms with Crippen molar-refractivity contribution in [2.24, 2.45) is 5.92 Å². The Morgan fingerprint density at radius 2 is 2.04 bits per heavy atom. The Labute approximate surface area is 160 Å². The maximum Gasteiger partial charge on any atom is 0.254 e. The lowest BCUT2D eigenvalue weighted by molar-refractivity contribution is 0.0752. The summed E-state index contributed by atoms with van der Waals surface area (Å²) < 4.78 is 5.35. The number of hydrogen-bond donors (Lipinski definition) is 1. The Balaban J connectivity index is 1.33. The number of piperidine rings is 1. The number of likely N-dealkylation sites (tertiary alicyclic amines) is 1. The van der Waals surface area contributed by atoms with E-state index < -0.39 is 0 Å². The van der Waals surface area contributed by atoms with Crippen molar-refractivity contribution in [3.63, 3.8) is 0 Å². The highest BCUT2D eigenvalue weighted by Gasteiger charge is 2.28. The number of hydrogen-bond acceptors (Lipinski definition) is 4. The highest BCUT2D eigenvalue weighted by Crippen LogP contribution is 2.24. The van der Waals surface area contributed by atoms with Crippen LogP contribution in [0.15, 0.2) is 18.2 Å². The monoisotopic (exact) mass is 371 g/mol. The van der Waals surface area contributed by atoms with Gasteiger partial charge in [0.15, 0.2) is 0 Å². The number of benzene rings is 1. The molecule has 0 spiro atoms. The Kier molecular flexibility index (Phi) is 5.74. The van der Waals surface area contributed by atoms with Gasteiger partial charge >= 0.3 is 0 Å². The largest absolute Gasteiger partial charge is 0.381 e. The summed E-state index contributed by atoms with van der Waals surface area (Å²) in [5, 5.41) is 3.00. The number of nitrogens with zero attached hydrogens (tertiary/aromatic N) is 2. The predicted molar refractivity (Wildman–Crippen MR) is 103 cm³/mol. The molecule has 0 bridgehead atoms. The van der Waals surface area contributed by atoms with Crippen LogP contribution in [0.5, 0.6) is 0 Å². The zero-order valence-corrected chi connectivity index (χ0v) is 15.9. The van der Waals surface area contributed by atoms with Crippen LogP contribution in [0.1, 0.15) is 52.0 Å². The molecule has 0 aliphatic carbocycles. The molecule has 2 amide bonds. The number of nitrogens with one attached hydrogen (secondary N) is 1. The van der Waals surface area contributed by atoms with Gasteiger partial charge in [-0.25, -0.2) is 0 Å². The minimum absolute atomic E-state index is 0.0658. The Hall–Kier alpha value is -1.92. The van der Waals surface area contributed by atoms with Crippen LogP contribution in [0.25, 0.3) is 0 Å². The van der Waals surface area contributed by atoms with Gasteiger partial charge in [0.1, 0.15) is 0 Å². The fraction of sp³-hybridized carbons (Fsp3) is 0.619. The lowest BCUT2D eigenvalue weighted by Gasteiger charge is -2.28. The molecule has 6 heteroatoms. The van der Waals surface area contributed by atoms with Crippen molar-refractivity contribution >= 4 is 11.8 Å². The maximum absolute atomic E-state index is 12.6. The first-order valence-electron chi connectivity index (χ1n) is 10.2. The number of ether oxygens (including phenoxy) is 1. The molecule has 6 nitrogen and oxygen atoms in total. The van der Waals surface area contributed by atoms with Gasteiger partial charge in [0.2, 0.25) is 0 Å². The molecule has 3 aliphatic heterocycles. The molecular weight excluding hydrogens is 342 g/mol. The number of carbonyl (C=O) groups excluding carboxylic acids is 2. The SMILES string of the molecule is O=C(NC[C@@H]1CCOC1)c1ccc2c(c1)CN(CCN1CCCCC1)C2=O. The molecule has 1 aromatic rings. The third-order valence-electron chi connectivity index (χ3n) is 5.96. The second-order valence-electron chi connectivity index (χ2n) is 7.94. The van der Waals surface area contributed by atoms with Gasteiger partial charge in [-0.15, -0.1) is 0 Å². The van der Waals surface area contributed by atoms with E-state index >= 15 is 0 Å². The van der Waals surface area contributed by atoms with Crippen molar-refractivity contribution in [1.29, 1.82) is 0 Å². The van der Waals surface area contributed by atoms with Gasteiger partial charge in [0, 0.05) is 49.8 Å². The predicted octanol–water partition coefficient (Wildman–Crippen LogP) is 1.89.